The monoisotopic (exact) mass is 349 g/mol. The first-order valence-corrected chi connectivity index (χ1v) is 9.03. The van der Waals surface area contributed by atoms with Gasteiger partial charge in [0.1, 0.15) is 11.3 Å². The Balaban J connectivity index is 1.48. The van der Waals surface area contributed by atoms with Crippen molar-refractivity contribution in [1.29, 1.82) is 0 Å². The van der Waals surface area contributed by atoms with Crippen molar-refractivity contribution in [2.24, 2.45) is 5.92 Å². The van der Waals surface area contributed by atoms with Gasteiger partial charge in [0.05, 0.1) is 0 Å². The first-order valence-electron chi connectivity index (χ1n) is 9.03. The van der Waals surface area contributed by atoms with E-state index in [9.17, 15) is 5.11 Å². The molecule has 1 aliphatic heterocycles. The zero-order valence-electron chi connectivity index (χ0n) is 14.6. The maximum absolute atomic E-state index is 9.79. The van der Waals surface area contributed by atoms with E-state index in [1.54, 1.807) is 12.4 Å². The molecule has 0 bridgehead atoms. The van der Waals surface area contributed by atoms with Crippen LogP contribution < -0.4 is 5.32 Å². The third-order valence-corrected chi connectivity index (χ3v) is 4.99. The first kappa shape index (κ1) is 16.9. The van der Waals surface area contributed by atoms with Gasteiger partial charge in [-0.15, -0.1) is 0 Å². The Hall–Kier alpha value is -2.57. The molecule has 1 saturated heterocycles. The third kappa shape index (κ3) is 3.81. The second-order valence-electron chi connectivity index (χ2n) is 6.80. The van der Waals surface area contributed by atoms with Crippen molar-refractivity contribution >= 4 is 17.0 Å². The fourth-order valence-corrected chi connectivity index (χ4v) is 3.56. The molecule has 26 heavy (non-hydrogen) atoms. The average molecular weight is 349 g/mol. The molecule has 134 valence electrons. The van der Waals surface area contributed by atoms with Gasteiger partial charge in [0, 0.05) is 44.0 Å². The number of piperidine rings is 1. The SMILES string of the molecule is OC[C@H]1CCN(Cc2ccccc2)C[C@H]1Nc1ccc2nccnc2n1. The highest BCUT2D eigenvalue weighted by atomic mass is 16.3. The molecule has 0 spiro atoms. The van der Waals surface area contributed by atoms with Crippen molar-refractivity contribution in [3.05, 3.63) is 60.4 Å². The molecule has 0 saturated carbocycles. The smallest absolute Gasteiger partial charge is 0.180 e. The van der Waals surface area contributed by atoms with E-state index in [0.29, 0.717) is 5.65 Å². The number of nitrogens with zero attached hydrogens (tertiary/aromatic N) is 4. The minimum atomic E-state index is 0.152. The first-order chi connectivity index (χ1) is 12.8. The molecule has 1 fully saturated rings. The van der Waals surface area contributed by atoms with Gasteiger partial charge >= 0.3 is 0 Å². The summed E-state index contributed by atoms with van der Waals surface area (Å²) >= 11 is 0. The number of pyridine rings is 1. The van der Waals surface area contributed by atoms with Gasteiger partial charge in [-0.1, -0.05) is 30.3 Å². The van der Waals surface area contributed by atoms with E-state index in [1.165, 1.54) is 5.56 Å². The van der Waals surface area contributed by atoms with Crippen molar-refractivity contribution in [2.45, 2.75) is 19.0 Å². The molecule has 0 amide bonds. The van der Waals surface area contributed by atoms with Crippen LogP contribution in [-0.4, -0.2) is 50.7 Å². The maximum atomic E-state index is 9.79. The number of nitrogens with one attached hydrogen (secondary N) is 1. The van der Waals surface area contributed by atoms with Gasteiger partial charge in [-0.3, -0.25) is 9.88 Å². The van der Waals surface area contributed by atoms with E-state index in [1.807, 2.05) is 18.2 Å². The van der Waals surface area contributed by atoms with Gasteiger partial charge in [-0.25, -0.2) is 9.97 Å². The predicted molar refractivity (Wildman–Crippen MR) is 102 cm³/mol. The molecule has 0 aliphatic carbocycles. The second-order valence-corrected chi connectivity index (χ2v) is 6.80. The normalized spacial score (nSPS) is 21.0. The summed E-state index contributed by atoms with van der Waals surface area (Å²) < 4.78 is 0. The molecule has 3 aromatic rings. The molecule has 1 aromatic carbocycles. The molecule has 1 aliphatic rings. The number of hydrogen-bond acceptors (Lipinski definition) is 6. The molecule has 2 atom stereocenters. The minimum Gasteiger partial charge on any atom is -0.396 e. The second kappa shape index (κ2) is 7.76. The predicted octanol–water partition coefficient (Wildman–Crippen LogP) is 2.32. The van der Waals surface area contributed by atoms with Crippen LogP contribution >= 0.6 is 0 Å². The lowest BCUT2D eigenvalue weighted by molar-refractivity contribution is 0.115. The number of aliphatic hydroxyl groups excluding tert-OH is 1. The molecule has 0 radical (unpaired) electrons. The standard InChI is InChI=1S/C20H23N5O/c26-14-16-8-11-25(12-15-4-2-1-3-5-15)13-18(16)23-19-7-6-17-20(24-19)22-10-9-21-17/h1-7,9-10,16,18,26H,8,11-14H2,(H,22,23,24)/t16-,18-/m1/s1. The molecule has 0 unspecified atom stereocenters. The van der Waals surface area contributed by atoms with Gasteiger partial charge in [-0.2, -0.15) is 0 Å². The van der Waals surface area contributed by atoms with Crippen LogP contribution in [0.2, 0.25) is 0 Å². The summed E-state index contributed by atoms with van der Waals surface area (Å²) in [7, 11) is 0. The number of benzene rings is 1. The quantitative estimate of drug-likeness (QED) is 0.736. The Morgan fingerprint density at radius 1 is 1.08 bits per heavy atom. The average Bonchev–Trinajstić information content (AvgIpc) is 2.69. The number of likely N-dealkylation sites (tertiary alicyclic amines) is 1. The van der Waals surface area contributed by atoms with E-state index in [4.69, 9.17) is 0 Å². The lowest BCUT2D eigenvalue weighted by atomic mass is 9.92. The molecule has 6 heteroatoms. The van der Waals surface area contributed by atoms with E-state index < -0.39 is 0 Å². The zero-order valence-corrected chi connectivity index (χ0v) is 14.6. The van der Waals surface area contributed by atoms with E-state index in [0.717, 1.165) is 37.4 Å². The maximum Gasteiger partial charge on any atom is 0.180 e. The van der Waals surface area contributed by atoms with Crippen molar-refractivity contribution < 1.29 is 5.11 Å². The lowest BCUT2D eigenvalue weighted by Crippen LogP contribution is -2.48. The molecular weight excluding hydrogens is 326 g/mol. The number of hydrogen-bond donors (Lipinski definition) is 2. The number of rotatable bonds is 5. The summed E-state index contributed by atoms with van der Waals surface area (Å²) in [6.07, 6.45) is 4.29. The van der Waals surface area contributed by atoms with E-state index in [2.05, 4.69) is 49.4 Å². The highest BCUT2D eigenvalue weighted by Gasteiger charge is 2.29. The fraction of sp³-hybridized carbons (Fsp3) is 0.350. The number of anilines is 1. The molecular formula is C20H23N5O. The summed E-state index contributed by atoms with van der Waals surface area (Å²) in [5.74, 6) is 1.00. The summed E-state index contributed by atoms with van der Waals surface area (Å²) in [5.41, 5.74) is 2.73. The van der Waals surface area contributed by atoms with E-state index in [-0.39, 0.29) is 18.6 Å². The number of aliphatic hydroxyl groups is 1. The highest BCUT2D eigenvalue weighted by molar-refractivity contribution is 5.71. The molecule has 2 N–H and O–H groups in total. The number of aromatic nitrogens is 3. The Morgan fingerprint density at radius 2 is 1.92 bits per heavy atom. The summed E-state index contributed by atoms with van der Waals surface area (Å²) in [6, 6.07) is 14.5. The van der Waals surface area contributed by atoms with Crippen molar-refractivity contribution in [2.75, 3.05) is 25.0 Å². The summed E-state index contributed by atoms with van der Waals surface area (Å²) in [6.45, 7) is 2.98. The topological polar surface area (TPSA) is 74.2 Å². The van der Waals surface area contributed by atoms with Crippen LogP contribution in [0.15, 0.2) is 54.9 Å². The lowest BCUT2D eigenvalue weighted by Gasteiger charge is -2.38. The third-order valence-electron chi connectivity index (χ3n) is 4.99. The van der Waals surface area contributed by atoms with Crippen LogP contribution in [0.4, 0.5) is 5.82 Å². The van der Waals surface area contributed by atoms with Gasteiger partial charge < -0.3 is 10.4 Å². The zero-order chi connectivity index (χ0) is 17.8. The van der Waals surface area contributed by atoms with Gasteiger partial charge in [0.15, 0.2) is 5.65 Å². The Labute approximate surface area is 152 Å². The minimum absolute atomic E-state index is 0.152. The van der Waals surface area contributed by atoms with Gasteiger partial charge in [-0.05, 0) is 30.7 Å². The molecule has 2 aromatic heterocycles. The van der Waals surface area contributed by atoms with Crippen LogP contribution in [0.3, 0.4) is 0 Å². The van der Waals surface area contributed by atoms with Crippen LogP contribution in [-0.2, 0) is 6.54 Å². The largest absolute Gasteiger partial charge is 0.396 e. The van der Waals surface area contributed by atoms with Crippen LogP contribution in [0.5, 0.6) is 0 Å². The molecule has 3 heterocycles. The fourth-order valence-electron chi connectivity index (χ4n) is 3.56. The Morgan fingerprint density at radius 3 is 2.77 bits per heavy atom. The van der Waals surface area contributed by atoms with Gasteiger partial charge in [0.2, 0.25) is 0 Å². The Bertz CT molecular complexity index is 857. The van der Waals surface area contributed by atoms with Gasteiger partial charge in [0.25, 0.3) is 0 Å². The van der Waals surface area contributed by atoms with Crippen LogP contribution in [0, 0.1) is 5.92 Å². The van der Waals surface area contributed by atoms with Crippen LogP contribution in [0.25, 0.3) is 11.2 Å². The van der Waals surface area contributed by atoms with Crippen molar-refractivity contribution in [1.82, 2.24) is 19.9 Å². The highest BCUT2D eigenvalue weighted by Crippen LogP contribution is 2.23. The van der Waals surface area contributed by atoms with Crippen molar-refractivity contribution in [3.63, 3.8) is 0 Å². The molecule has 4 rings (SSSR count). The van der Waals surface area contributed by atoms with Crippen molar-refractivity contribution in [3.8, 4) is 0 Å². The summed E-state index contributed by atoms with van der Waals surface area (Å²) in [4.78, 5) is 15.5. The summed E-state index contributed by atoms with van der Waals surface area (Å²) in [5, 5.41) is 13.3. The van der Waals surface area contributed by atoms with Crippen LogP contribution in [0.1, 0.15) is 12.0 Å². The Kier molecular flexibility index (Phi) is 5.04. The van der Waals surface area contributed by atoms with E-state index >= 15 is 0 Å². The molecule has 6 nitrogen and oxygen atoms in total. The number of fused-ring (bicyclic) bond motifs is 1.